The Labute approximate surface area is 101 Å². The Balaban J connectivity index is 1.98. The van der Waals surface area contributed by atoms with Crippen LogP contribution < -0.4 is 5.73 Å². The molecule has 5 nitrogen and oxygen atoms in total. The van der Waals surface area contributed by atoms with Crippen LogP contribution in [0.15, 0.2) is 18.3 Å². The summed E-state index contributed by atoms with van der Waals surface area (Å²) in [5.41, 5.74) is 6.12. The Kier molecular flexibility index (Phi) is 3.58. The first-order valence-electron chi connectivity index (χ1n) is 5.75. The fourth-order valence-corrected chi connectivity index (χ4v) is 1.98. The Bertz CT molecular complexity index is 402. The normalized spacial score (nSPS) is 19.2. The van der Waals surface area contributed by atoms with Gasteiger partial charge in [0.25, 0.3) is 5.91 Å². The quantitative estimate of drug-likeness (QED) is 0.845. The van der Waals surface area contributed by atoms with E-state index in [0.717, 1.165) is 19.4 Å². The van der Waals surface area contributed by atoms with E-state index in [4.69, 9.17) is 10.5 Å². The molecule has 0 spiro atoms. The van der Waals surface area contributed by atoms with Crippen LogP contribution in [-0.2, 0) is 4.74 Å². The molecule has 17 heavy (non-hydrogen) atoms. The largest absolute Gasteiger partial charge is 0.384 e. The van der Waals surface area contributed by atoms with Crippen molar-refractivity contribution < 1.29 is 9.53 Å². The number of nitrogens with two attached hydrogens (primary N) is 1. The van der Waals surface area contributed by atoms with Crippen LogP contribution in [0.1, 0.15) is 23.2 Å². The van der Waals surface area contributed by atoms with Gasteiger partial charge in [-0.2, -0.15) is 0 Å². The molecule has 2 rings (SSSR count). The zero-order valence-electron chi connectivity index (χ0n) is 9.93. The third-order valence-electron chi connectivity index (χ3n) is 2.88. The maximum absolute atomic E-state index is 12.1. The van der Waals surface area contributed by atoms with Crippen LogP contribution in [0, 0.1) is 0 Å². The molecule has 1 atom stereocenters. The molecule has 1 aromatic heterocycles. The van der Waals surface area contributed by atoms with E-state index < -0.39 is 0 Å². The van der Waals surface area contributed by atoms with Gasteiger partial charge in [0.15, 0.2) is 0 Å². The lowest BCUT2D eigenvalue weighted by Crippen LogP contribution is -2.34. The number of rotatable bonds is 3. The first-order valence-corrected chi connectivity index (χ1v) is 5.75. The summed E-state index contributed by atoms with van der Waals surface area (Å²) in [6.07, 6.45) is 3.82. The Hall–Kier alpha value is -1.62. The van der Waals surface area contributed by atoms with Crippen LogP contribution >= 0.6 is 0 Å². The van der Waals surface area contributed by atoms with Gasteiger partial charge in [0.2, 0.25) is 0 Å². The summed E-state index contributed by atoms with van der Waals surface area (Å²) in [6.45, 7) is 1.43. The van der Waals surface area contributed by atoms with Crippen LogP contribution in [0.25, 0.3) is 0 Å². The highest BCUT2D eigenvalue weighted by molar-refractivity contribution is 5.94. The molecule has 1 saturated heterocycles. The third kappa shape index (κ3) is 2.94. The predicted molar refractivity (Wildman–Crippen MR) is 64.6 cm³/mol. The van der Waals surface area contributed by atoms with Crippen molar-refractivity contribution in [2.45, 2.75) is 18.9 Å². The zero-order valence-corrected chi connectivity index (χ0v) is 9.93. The summed E-state index contributed by atoms with van der Waals surface area (Å²) in [4.78, 5) is 17.6. The molecule has 0 aromatic carbocycles. The summed E-state index contributed by atoms with van der Waals surface area (Å²) in [5.74, 6) is 0.316. The number of carbonyl (C=O) groups excluding carboxylic acids is 1. The van der Waals surface area contributed by atoms with E-state index in [9.17, 15) is 4.79 Å². The van der Waals surface area contributed by atoms with Gasteiger partial charge in [0.05, 0.1) is 6.10 Å². The second-order valence-electron chi connectivity index (χ2n) is 4.29. The lowest BCUT2D eigenvalue weighted by Gasteiger charge is -2.20. The Morgan fingerprint density at radius 1 is 1.71 bits per heavy atom. The molecule has 2 N–H and O–H groups in total. The summed E-state index contributed by atoms with van der Waals surface area (Å²) in [5, 5.41) is 0. The van der Waals surface area contributed by atoms with E-state index in [1.54, 1.807) is 30.3 Å². The summed E-state index contributed by atoms with van der Waals surface area (Å²) < 4.78 is 5.50. The molecule has 0 saturated carbocycles. The van der Waals surface area contributed by atoms with Crippen LogP contribution in [0.3, 0.4) is 0 Å². The number of pyridine rings is 1. The lowest BCUT2D eigenvalue weighted by molar-refractivity contribution is 0.0587. The van der Waals surface area contributed by atoms with Crippen molar-refractivity contribution in [3.05, 3.63) is 23.9 Å². The number of hydrogen-bond donors (Lipinski definition) is 1. The highest BCUT2D eigenvalue weighted by atomic mass is 16.5. The molecule has 0 bridgehead atoms. The number of carbonyl (C=O) groups is 1. The molecule has 1 aliphatic heterocycles. The summed E-state index contributed by atoms with van der Waals surface area (Å²) in [6, 6.07) is 3.26. The lowest BCUT2D eigenvalue weighted by atomic mass is 10.2. The molecule has 5 heteroatoms. The van der Waals surface area contributed by atoms with Gasteiger partial charge in [-0.25, -0.2) is 4.98 Å². The second kappa shape index (κ2) is 5.14. The van der Waals surface area contributed by atoms with Crippen LogP contribution in [0.5, 0.6) is 0 Å². The van der Waals surface area contributed by atoms with Crippen LogP contribution in [0.4, 0.5) is 5.82 Å². The third-order valence-corrected chi connectivity index (χ3v) is 2.88. The predicted octanol–water partition coefficient (Wildman–Crippen LogP) is 0.915. The molecule has 0 aliphatic carbocycles. The molecule has 1 fully saturated rings. The second-order valence-corrected chi connectivity index (χ2v) is 4.29. The van der Waals surface area contributed by atoms with Gasteiger partial charge >= 0.3 is 0 Å². The average molecular weight is 235 g/mol. The summed E-state index contributed by atoms with van der Waals surface area (Å²) >= 11 is 0. The highest BCUT2D eigenvalue weighted by Crippen LogP contribution is 2.14. The first kappa shape index (κ1) is 11.9. The fraction of sp³-hybridized carbons (Fsp3) is 0.500. The number of likely N-dealkylation sites (N-methyl/N-ethyl adjacent to an activating group) is 1. The number of ether oxygens (including phenoxy) is 1. The molecule has 1 aliphatic rings. The highest BCUT2D eigenvalue weighted by Gasteiger charge is 2.20. The smallest absolute Gasteiger partial charge is 0.253 e. The minimum Gasteiger partial charge on any atom is -0.384 e. The van der Waals surface area contributed by atoms with Crippen LogP contribution in [0.2, 0.25) is 0 Å². The maximum atomic E-state index is 12.1. The van der Waals surface area contributed by atoms with E-state index in [0.29, 0.717) is 17.9 Å². The van der Waals surface area contributed by atoms with E-state index in [1.165, 1.54) is 0 Å². The van der Waals surface area contributed by atoms with Gasteiger partial charge in [-0.05, 0) is 25.0 Å². The fourth-order valence-electron chi connectivity index (χ4n) is 1.98. The Morgan fingerprint density at radius 3 is 3.18 bits per heavy atom. The molecular weight excluding hydrogens is 218 g/mol. The Morgan fingerprint density at radius 2 is 2.53 bits per heavy atom. The average Bonchev–Trinajstić information content (AvgIpc) is 2.80. The van der Waals surface area contributed by atoms with Crippen molar-refractivity contribution in [2.75, 3.05) is 25.9 Å². The molecule has 1 aromatic rings. The van der Waals surface area contributed by atoms with E-state index in [1.807, 2.05) is 0 Å². The number of nitrogen functional groups attached to an aromatic ring is 1. The molecule has 2 heterocycles. The number of hydrogen-bond acceptors (Lipinski definition) is 4. The summed E-state index contributed by atoms with van der Waals surface area (Å²) in [7, 11) is 1.78. The number of aromatic nitrogens is 1. The van der Waals surface area contributed by atoms with Crippen molar-refractivity contribution in [3.63, 3.8) is 0 Å². The number of amides is 1. The van der Waals surface area contributed by atoms with Gasteiger partial charge in [-0.1, -0.05) is 0 Å². The number of nitrogens with zero attached hydrogens (tertiary/aromatic N) is 2. The van der Waals surface area contributed by atoms with Gasteiger partial charge in [0.1, 0.15) is 5.82 Å². The van der Waals surface area contributed by atoms with Gasteiger partial charge < -0.3 is 15.4 Å². The monoisotopic (exact) mass is 235 g/mol. The van der Waals surface area contributed by atoms with Gasteiger partial charge in [0, 0.05) is 32.0 Å². The van der Waals surface area contributed by atoms with E-state index in [-0.39, 0.29) is 12.0 Å². The first-order chi connectivity index (χ1) is 8.16. The van der Waals surface area contributed by atoms with Crippen molar-refractivity contribution in [1.82, 2.24) is 9.88 Å². The van der Waals surface area contributed by atoms with E-state index >= 15 is 0 Å². The SMILES string of the molecule is CN(CC1CCCO1)C(=O)c1ccnc(N)c1. The molecule has 92 valence electrons. The van der Waals surface area contributed by atoms with E-state index in [2.05, 4.69) is 4.98 Å². The minimum absolute atomic E-state index is 0.0467. The molecular formula is C12H17N3O2. The van der Waals surface area contributed by atoms with Crippen molar-refractivity contribution in [2.24, 2.45) is 0 Å². The topological polar surface area (TPSA) is 68.5 Å². The van der Waals surface area contributed by atoms with Crippen molar-refractivity contribution >= 4 is 11.7 Å². The molecule has 1 amide bonds. The minimum atomic E-state index is -0.0467. The maximum Gasteiger partial charge on any atom is 0.253 e. The van der Waals surface area contributed by atoms with Crippen LogP contribution in [-0.4, -0.2) is 42.1 Å². The number of anilines is 1. The van der Waals surface area contributed by atoms with Crippen molar-refractivity contribution in [1.29, 1.82) is 0 Å². The van der Waals surface area contributed by atoms with Crippen molar-refractivity contribution in [3.8, 4) is 0 Å². The molecule has 0 radical (unpaired) electrons. The zero-order chi connectivity index (χ0) is 12.3. The van der Waals surface area contributed by atoms with Gasteiger partial charge in [-0.3, -0.25) is 4.79 Å². The molecule has 1 unspecified atom stereocenters. The standard InChI is InChI=1S/C12H17N3O2/c1-15(8-10-3-2-6-17-10)12(16)9-4-5-14-11(13)7-9/h4-5,7,10H,2-3,6,8H2,1H3,(H2,13,14). The van der Waals surface area contributed by atoms with Gasteiger partial charge in [-0.15, -0.1) is 0 Å².